The molecule has 0 fully saturated rings. The Labute approximate surface area is 206 Å². The minimum absolute atomic E-state index is 0.216. The van der Waals surface area contributed by atoms with Gasteiger partial charge in [-0.1, -0.05) is 72.0 Å². The van der Waals surface area contributed by atoms with Gasteiger partial charge in [-0.2, -0.15) is 0 Å². The molecule has 176 valence electrons. The molecule has 0 aliphatic carbocycles. The highest BCUT2D eigenvalue weighted by atomic mass is 32.1. The third kappa shape index (κ3) is 3.98. The van der Waals surface area contributed by atoms with E-state index in [0.717, 1.165) is 16.3 Å². The molecule has 5 rings (SSSR count). The molecule has 0 N–H and O–H groups in total. The Hall–Kier alpha value is -3.97. The SMILES string of the molecule is CCOC(=O)C1=C(C)N=c2s/c(=C\c3cccc4ccccc34)c(=O)n2[C@@H]1c1ccccc1OC. The molecule has 0 bridgehead atoms. The van der Waals surface area contributed by atoms with Crippen LogP contribution in [0, 0.1) is 0 Å². The average Bonchev–Trinajstić information content (AvgIpc) is 3.17. The van der Waals surface area contributed by atoms with Gasteiger partial charge in [-0.15, -0.1) is 0 Å². The molecule has 1 atom stereocenters. The summed E-state index contributed by atoms with van der Waals surface area (Å²) in [5, 5.41) is 2.16. The fourth-order valence-corrected chi connectivity index (χ4v) is 5.53. The zero-order chi connectivity index (χ0) is 24.5. The van der Waals surface area contributed by atoms with E-state index in [1.165, 1.54) is 11.3 Å². The Balaban J connectivity index is 1.78. The number of carbonyl (C=O) groups excluding carboxylic acids is 1. The highest BCUT2D eigenvalue weighted by Gasteiger charge is 2.34. The maximum atomic E-state index is 13.8. The first-order valence-electron chi connectivity index (χ1n) is 11.3. The second-order valence-corrected chi connectivity index (χ2v) is 9.12. The number of thiazole rings is 1. The van der Waals surface area contributed by atoms with Gasteiger partial charge < -0.3 is 9.47 Å². The number of nitrogens with zero attached hydrogens (tertiary/aromatic N) is 2. The van der Waals surface area contributed by atoms with Gasteiger partial charge in [0.1, 0.15) is 11.8 Å². The van der Waals surface area contributed by atoms with Crippen LogP contribution in [-0.2, 0) is 9.53 Å². The average molecular weight is 485 g/mol. The number of hydrogen-bond donors (Lipinski definition) is 0. The molecule has 0 radical (unpaired) electrons. The van der Waals surface area contributed by atoms with Crippen LogP contribution in [0.4, 0.5) is 0 Å². The van der Waals surface area contributed by atoms with Crippen LogP contribution in [0.2, 0.25) is 0 Å². The van der Waals surface area contributed by atoms with Crippen LogP contribution in [0.15, 0.2) is 87.8 Å². The van der Waals surface area contributed by atoms with Crippen LogP contribution in [0.3, 0.4) is 0 Å². The molecule has 35 heavy (non-hydrogen) atoms. The Bertz CT molecular complexity index is 1660. The van der Waals surface area contributed by atoms with Crippen molar-refractivity contribution in [2.45, 2.75) is 19.9 Å². The maximum Gasteiger partial charge on any atom is 0.338 e. The molecular weight excluding hydrogens is 460 g/mol. The quantitative estimate of drug-likeness (QED) is 0.402. The first-order chi connectivity index (χ1) is 17.0. The number of para-hydroxylation sites is 1. The zero-order valence-electron chi connectivity index (χ0n) is 19.6. The van der Waals surface area contributed by atoms with Crippen molar-refractivity contribution in [3.05, 3.63) is 109 Å². The van der Waals surface area contributed by atoms with Gasteiger partial charge in [0.05, 0.1) is 29.5 Å². The van der Waals surface area contributed by atoms with Gasteiger partial charge in [0.2, 0.25) is 0 Å². The molecule has 0 amide bonds. The molecular formula is C28H24N2O4S. The largest absolute Gasteiger partial charge is 0.496 e. The summed E-state index contributed by atoms with van der Waals surface area (Å²) in [6, 6.07) is 20.8. The summed E-state index contributed by atoms with van der Waals surface area (Å²) < 4.78 is 13.1. The summed E-state index contributed by atoms with van der Waals surface area (Å²) in [5.74, 6) is 0.0885. The number of allylic oxidation sites excluding steroid dienone is 1. The van der Waals surface area contributed by atoms with Crippen LogP contribution in [-0.4, -0.2) is 24.3 Å². The molecule has 7 heteroatoms. The van der Waals surface area contributed by atoms with Crippen LogP contribution < -0.4 is 19.6 Å². The fourth-order valence-electron chi connectivity index (χ4n) is 4.50. The molecule has 1 aliphatic rings. The van der Waals surface area contributed by atoms with Gasteiger partial charge in [-0.05, 0) is 42.3 Å². The van der Waals surface area contributed by atoms with Crippen molar-refractivity contribution in [1.82, 2.24) is 4.57 Å². The Kier molecular flexibility index (Phi) is 6.09. The molecule has 0 saturated heterocycles. The highest BCUT2D eigenvalue weighted by molar-refractivity contribution is 7.07. The normalized spacial score (nSPS) is 15.6. The first-order valence-corrected chi connectivity index (χ1v) is 12.2. The summed E-state index contributed by atoms with van der Waals surface area (Å²) in [5.41, 5.74) is 2.29. The van der Waals surface area contributed by atoms with E-state index in [2.05, 4.69) is 4.99 Å². The van der Waals surface area contributed by atoms with Crippen LogP contribution in [0.5, 0.6) is 5.75 Å². The number of hydrogen-bond acceptors (Lipinski definition) is 6. The lowest BCUT2D eigenvalue weighted by Crippen LogP contribution is -2.40. The van der Waals surface area contributed by atoms with Gasteiger partial charge in [0, 0.05) is 5.56 Å². The van der Waals surface area contributed by atoms with Crippen LogP contribution >= 0.6 is 11.3 Å². The van der Waals surface area contributed by atoms with Crippen molar-refractivity contribution in [3.63, 3.8) is 0 Å². The molecule has 0 saturated carbocycles. The second kappa shape index (κ2) is 9.35. The van der Waals surface area contributed by atoms with Crippen molar-refractivity contribution in [2.24, 2.45) is 4.99 Å². The molecule has 3 aromatic carbocycles. The van der Waals surface area contributed by atoms with E-state index in [9.17, 15) is 9.59 Å². The standard InChI is InChI=1S/C28H24N2O4S/c1-4-34-27(32)24-17(2)29-28-30(25(24)21-14-7-8-15-22(21)33-3)26(31)23(35-28)16-19-12-9-11-18-10-5-6-13-20(18)19/h5-16,25H,4H2,1-3H3/b23-16-/t25-/m1/s1. The van der Waals surface area contributed by atoms with Crippen molar-refractivity contribution in [3.8, 4) is 5.75 Å². The minimum Gasteiger partial charge on any atom is -0.496 e. The van der Waals surface area contributed by atoms with E-state index < -0.39 is 12.0 Å². The highest BCUT2D eigenvalue weighted by Crippen LogP contribution is 2.35. The van der Waals surface area contributed by atoms with Gasteiger partial charge in [-0.25, -0.2) is 9.79 Å². The Morgan fingerprint density at radius 1 is 1.09 bits per heavy atom. The molecule has 1 aliphatic heterocycles. The smallest absolute Gasteiger partial charge is 0.338 e. The van der Waals surface area contributed by atoms with Gasteiger partial charge >= 0.3 is 5.97 Å². The predicted molar refractivity (Wildman–Crippen MR) is 137 cm³/mol. The van der Waals surface area contributed by atoms with E-state index in [1.807, 2.05) is 72.8 Å². The van der Waals surface area contributed by atoms with Crippen LogP contribution in [0.1, 0.15) is 31.0 Å². The lowest BCUT2D eigenvalue weighted by Gasteiger charge is -2.25. The molecule has 0 spiro atoms. The monoisotopic (exact) mass is 484 g/mol. The van der Waals surface area contributed by atoms with E-state index in [0.29, 0.717) is 31.9 Å². The summed E-state index contributed by atoms with van der Waals surface area (Å²) in [7, 11) is 1.57. The molecule has 2 heterocycles. The summed E-state index contributed by atoms with van der Waals surface area (Å²) in [4.78, 5) is 32.1. The van der Waals surface area contributed by atoms with E-state index >= 15 is 0 Å². The maximum absolute atomic E-state index is 13.8. The summed E-state index contributed by atoms with van der Waals surface area (Å²) in [6.45, 7) is 3.75. The lowest BCUT2D eigenvalue weighted by atomic mass is 9.95. The predicted octanol–water partition coefficient (Wildman–Crippen LogP) is 3.96. The van der Waals surface area contributed by atoms with Gasteiger partial charge in [0.25, 0.3) is 5.56 Å². The molecule has 0 unspecified atom stereocenters. The number of rotatable bonds is 5. The minimum atomic E-state index is -0.712. The first kappa shape index (κ1) is 22.8. The van der Waals surface area contributed by atoms with Crippen LogP contribution in [0.25, 0.3) is 16.8 Å². The Morgan fingerprint density at radius 3 is 2.63 bits per heavy atom. The third-order valence-corrected chi connectivity index (χ3v) is 7.04. The number of esters is 1. The molecule has 1 aromatic heterocycles. The number of ether oxygens (including phenoxy) is 2. The van der Waals surface area contributed by atoms with E-state index in [1.54, 1.807) is 25.5 Å². The van der Waals surface area contributed by atoms with E-state index in [-0.39, 0.29) is 12.2 Å². The Morgan fingerprint density at radius 2 is 1.83 bits per heavy atom. The number of aromatic nitrogens is 1. The van der Waals surface area contributed by atoms with E-state index in [4.69, 9.17) is 9.47 Å². The fraction of sp³-hybridized carbons (Fsp3) is 0.179. The number of carbonyl (C=O) groups is 1. The van der Waals surface area contributed by atoms with Crippen molar-refractivity contribution >= 4 is 34.2 Å². The summed E-state index contributed by atoms with van der Waals surface area (Å²) >= 11 is 1.31. The van der Waals surface area contributed by atoms with Crippen molar-refractivity contribution in [1.29, 1.82) is 0 Å². The molecule has 4 aromatic rings. The number of methoxy groups -OCH3 is 1. The summed E-state index contributed by atoms with van der Waals surface area (Å²) in [6.07, 6.45) is 1.90. The number of benzene rings is 3. The van der Waals surface area contributed by atoms with Crippen molar-refractivity contribution in [2.75, 3.05) is 13.7 Å². The number of fused-ring (bicyclic) bond motifs is 2. The van der Waals surface area contributed by atoms with Gasteiger partial charge in [-0.3, -0.25) is 9.36 Å². The van der Waals surface area contributed by atoms with Crippen molar-refractivity contribution < 1.29 is 14.3 Å². The third-order valence-electron chi connectivity index (χ3n) is 6.06. The van der Waals surface area contributed by atoms with Gasteiger partial charge in [0.15, 0.2) is 4.80 Å². The molecule has 6 nitrogen and oxygen atoms in total. The zero-order valence-corrected chi connectivity index (χ0v) is 20.5. The second-order valence-electron chi connectivity index (χ2n) is 8.11. The lowest BCUT2D eigenvalue weighted by molar-refractivity contribution is -0.139. The topological polar surface area (TPSA) is 69.9 Å².